The molecule has 0 saturated heterocycles. The lowest BCUT2D eigenvalue weighted by Gasteiger charge is -2.33. The lowest BCUT2D eigenvalue weighted by atomic mass is 9.95. The van der Waals surface area contributed by atoms with Crippen molar-refractivity contribution in [1.82, 2.24) is 25.1 Å². The van der Waals surface area contributed by atoms with Gasteiger partial charge in [0.15, 0.2) is 5.75 Å². The molecule has 394 valence electrons. The fourth-order valence-corrected chi connectivity index (χ4v) is 7.61. The molecule has 0 unspecified atom stereocenters. The number of rotatable bonds is 22. The number of aryl methyl sites for hydroxylation is 2. The third-order valence-corrected chi connectivity index (χ3v) is 11.2. The Morgan fingerprint density at radius 3 is 1.96 bits per heavy atom. The fraction of sp³-hybridized carbons (Fsp3) is 0.377. The minimum atomic E-state index is -0.869. The predicted octanol–water partition coefficient (Wildman–Crippen LogP) is 7.57. The van der Waals surface area contributed by atoms with E-state index in [-0.39, 0.29) is 71.2 Å². The van der Waals surface area contributed by atoms with E-state index >= 15 is 0 Å². The van der Waals surface area contributed by atoms with Crippen LogP contribution in [0, 0.1) is 0 Å². The SMILES string of the molecule is CC.CC.CC(=O)CCC(=O)N1Cc2ccccc2/C(N(N)CCOCCOCCOCCOc2cnn(C)c(=O)c2-c2ccc(CCC(=O)O)cc2)=C(/N)c2ccccc21.CNC(=O)c1c(Cl)cncc1Cl. The van der Waals surface area contributed by atoms with Gasteiger partial charge in [0.2, 0.25) is 5.91 Å². The first-order valence-electron chi connectivity index (χ1n) is 24.0. The van der Waals surface area contributed by atoms with E-state index in [0.717, 1.165) is 16.7 Å². The highest BCUT2D eigenvalue weighted by Gasteiger charge is 2.28. The Morgan fingerprint density at radius 2 is 1.36 bits per heavy atom. The molecule has 1 aliphatic rings. The number of ether oxygens (including phenoxy) is 4. The molecule has 2 amide bonds. The number of nitrogens with two attached hydrogens (primary N) is 2. The van der Waals surface area contributed by atoms with Crippen LogP contribution >= 0.6 is 23.2 Å². The zero-order chi connectivity index (χ0) is 53.9. The number of aromatic nitrogens is 3. The number of para-hydroxylation sites is 1. The Morgan fingerprint density at radius 1 is 0.781 bits per heavy atom. The van der Waals surface area contributed by atoms with Crippen molar-refractivity contribution in [3.05, 3.63) is 140 Å². The molecule has 0 atom stereocenters. The molecule has 6 N–H and O–H groups in total. The number of benzene rings is 3. The number of aliphatic carboxylic acids is 1. The van der Waals surface area contributed by atoms with Crippen LogP contribution in [0.2, 0.25) is 10.0 Å². The van der Waals surface area contributed by atoms with Crippen LogP contribution in [0.3, 0.4) is 0 Å². The van der Waals surface area contributed by atoms with Crippen molar-refractivity contribution in [2.24, 2.45) is 18.6 Å². The van der Waals surface area contributed by atoms with Crippen LogP contribution in [-0.4, -0.2) is 108 Å². The van der Waals surface area contributed by atoms with Gasteiger partial charge in [0.25, 0.3) is 11.5 Å². The minimum absolute atomic E-state index is 0.0260. The molecule has 20 heteroatoms. The summed E-state index contributed by atoms with van der Waals surface area (Å²) < 4.78 is 24.2. The zero-order valence-corrected chi connectivity index (χ0v) is 44.1. The Bertz CT molecular complexity index is 2640. The second-order valence-electron chi connectivity index (χ2n) is 15.5. The van der Waals surface area contributed by atoms with Gasteiger partial charge in [0.05, 0.1) is 97.2 Å². The minimum Gasteiger partial charge on any atom is -0.489 e. The van der Waals surface area contributed by atoms with E-state index in [0.29, 0.717) is 92.1 Å². The maximum atomic E-state index is 13.4. The summed E-state index contributed by atoms with van der Waals surface area (Å²) in [5.41, 5.74) is 12.7. The molecule has 1 aliphatic heterocycles. The van der Waals surface area contributed by atoms with Crippen molar-refractivity contribution < 1.29 is 43.2 Å². The van der Waals surface area contributed by atoms with Crippen LogP contribution in [0.25, 0.3) is 22.5 Å². The molecule has 0 saturated carbocycles. The average Bonchev–Trinajstić information content (AvgIpc) is 3.39. The normalized spacial score (nSPS) is 12.4. The number of Topliss-reactive ketones (excluding diaryl/α,β-unsaturated/α-hetero) is 1. The van der Waals surface area contributed by atoms with E-state index in [1.807, 2.05) is 76.2 Å². The number of pyridine rings is 1. The maximum Gasteiger partial charge on any atom is 0.303 e. The van der Waals surface area contributed by atoms with Gasteiger partial charge in [0, 0.05) is 56.9 Å². The molecular weight excluding hydrogens is 980 g/mol. The predicted molar refractivity (Wildman–Crippen MR) is 285 cm³/mol. The molecule has 18 nitrogen and oxygen atoms in total. The lowest BCUT2D eigenvalue weighted by Crippen LogP contribution is -2.37. The van der Waals surface area contributed by atoms with Crippen LogP contribution in [0.1, 0.15) is 86.5 Å². The Hall–Kier alpha value is -6.67. The third kappa shape index (κ3) is 18.4. The number of carboxylic acid groups (broad SMARTS) is 1. The van der Waals surface area contributed by atoms with Crippen molar-refractivity contribution in [1.29, 1.82) is 0 Å². The maximum absolute atomic E-state index is 13.4. The number of halogens is 2. The standard InChI is InChI=1S/C42H50N6O9.C7H6Cl2N2O.2C2H6/c1-29(49)11-17-37(50)47-28-32-7-3-4-8-33(32)41(40(43)34-9-5-6-10-35(34)47)48(44)19-20-54-21-22-55-23-24-56-25-26-57-36-27-45-46(2)42(53)39(36)31-15-12-30(13-16-31)14-18-38(51)52;1-10-7(12)6-4(8)2-11-3-5(6)9;2*1-2/h3-10,12-13,15-16,27H,11,14,17-26,28,43-44H2,1-2H3,(H,51,52);2-3H,1H3,(H,10,12);2*1-2H3/b41-40-;;;. The van der Waals surface area contributed by atoms with E-state index in [1.165, 1.54) is 37.2 Å². The number of carbonyl (C=O) groups is 4. The lowest BCUT2D eigenvalue weighted by molar-refractivity contribution is -0.137. The van der Waals surface area contributed by atoms with E-state index < -0.39 is 5.97 Å². The second-order valence-corrected chi connectivity index (χ2v) is 16.3. The number of anilines is 1. The number of hydrazine groups is 1. The zero-order valence-electron chi connectivity index (χ0n) is 42.6. The third-order valence-electron chi connectivity index (χ3n) is 10.6. The number of hydrogen-bond acceptors (Lipinski definition) is 14. The largest absolute Gasteiger partial charge is 0.489 e. The molecular formula is C53H68Cl2N8O10. The number of carboxylic acids is 1. The second kappa shape index (κ2) is 32.4. The number of amides is 2. The molecule has 0 fully saturated rings. The first kappa shape index (κ1) is 60.6. The Labute approximate surface area is 437 Å². The van der Waals surface area contributed by atoms with Crippen LogP contribution in [-0.2, 0) is 48.6 Å². The summed E-state index contributed by atoms with van der Waals surface area (Å²) >= 11 is 11.4. The summed E-state index contributed by atoms with van der Waals surface area (Å²) in [6.45, 7) is 12.2. The summed E-state index contributed by atoms with van der Waals surface area (Å²) in [5, 5.41) is 17.5. The van der Waals surface area contributed by atoms with Crippen LogP contribution in [0.4, 0.5) is 5.69 Å². The van der Waals surface area contributed by atoms with Crippen molar-refractivity contribution in [3.63, 3.8) is 0 Å². The fourth-order valence-electron chi connectivity index (χ4n) is 7.07. The molecule has 73 heavy (non-hydrogen) atoms. The first-order chi connectivity index (χ1) is 35.2. The van der Waals surface area contributed by atoms with Gasteiger partial charge in [-0.3, -0.25) is 24.2 Å². The van der Waals surface area contributed by atoms with Gasteiger partial charge in [-0.1, -0.05) is 118 Å². The van der Waals surface area contributed by atoms with Gasteiger partial charge in [-0.2, -0.15) is 5.10 Å². The number of nitrogens with zero attached hydrogens (tertiary/aromatic N) is 5. The van der Waals surface area contributed by atoms with Crippen LogP contribution in [0.5, 0.6) is 5.75 Å². The molecule has 3 aromatic carbocycles. The summed E-state index contributed by atoms with van der Waals surface area (Å²) in [6.07, 6.45) is 4.92. The highest BCUT2D eigenvalue weighted by atomic mass is 35.5. The van der Waals surface area contributed by atoms with Crippen molar-refractivity contribution in [2.45, 2.75) is 66.8 Å². The number of hydrogen-bond donors (Lipinski definition) is 4. The summed E-state index contributed by atoms with van der Waals surface area (Å²) in [6, 6.07) is 22.2. The molecule has 0 bridgehead atoms. The van der Waals surface area contributed by atoms with Gasteiger partial charge in [-0.15, -0.1) is 0 Å². The summed E-state index contributed by atoms with van der Waals surface area (Å²) in [7, 11) is 3.07. The number of fused-ring (bicyclic) bond motifs is 2. The molecule has 6 rings (SSSR count). The van der Waals surface area contributed by atoms with Crippen molar-refractivity contribution in [3.8, 4) is 16.9 Å². The van der Waals surface area contributed by atoms with Crippen LogP contribution in [0.15, 0.2) is 96.2 Å². The molecule has 0 radical (unpaired) electrons. The van der Waals surface area contributed by atoms with E-state index in [9.17, 15) is 24.0 Å². The monoisotopic (exact) mass is 1050 g/mol. The van der Waals surface area contributed by atoms with E-state index in [1.54, 1.807) is 41.2 Å². The van der Waals surface area contributed by atoms with Gasteiger partial charge in [-0.05, 0) is 36.1 Å². The van der Waals surface area contributed by atoms with Gasteiger partial charge >= 0.3 is 5.97 Å². The number of carbonyl (C=O) groups excluding carboxylic acids is 3. The van der Waals surface area contributed by atoms with Gasteiger partial charge < -0.3 is 49.8 Å². The summed E-state index contributed by atoms with van der Waals surface area (Å²) in [4.78, 5) is 65.4. The smallest absolute Gasteiger partial charge is 0.303 e. The number of ketones is 1. The quantitative estimate of drug-likeness (QED) is 0.0297. The molecule has 2 aromatic heterocycles. The van der Waals surface area contributed by atoms with Gasteiger partial charge in [0.1, 0.15) is 12.4 Å². The molecule has 3 heterocycles. The van der Waals surface area contributed by atoms with Crippen molar-refractivity contribution >= 4 is 63.9 Å². The highest BCUT2D eigenvalue weighted by Crippen LogP contribution is 2.37. The molecule has 5 aromatic rings. The van der Waals surface area contributed by atoms with Crippen molar-refractivity contribution in [2.75, 3.05) is 64.7 Å². The van der Waals surface area contributed by atoms with Gasteiger partial charge in [-0.25, -0.2) is 10.5 Å². The first-order valence-corrected chi connectivity index (χ1v) is 24.7. The van der Waals surface area contributed by atoms with Crippen LogP contribution < -0.4 is 32.1 Å². The Kier molecular flexibility index (Phi) is 26.9. The van der Waals surface area contributed by atoms with E-state index in [2.05, 4.69) is 15.4 Å². The molecule has 0 aliphatic carbocycles. The summed E-state index contributed by atoms with van der Waals surface area (Å²) in [5.74, 6) is 5.58. The Balaban J connectivity index is 0.000000757. The average molecular weight is 1050 g/mol. The van der Waals surface area contributed by atoms with E-state index in [4.69, 9.17) is 58.8 Å². The number of nitrogens with one attached hydrogen (secondary N) is 1. The highest BCUT2D eigenvalue weighted by molar-refractivity contribution is 6.39. The molecule has 0 spiro atoms. The topological polar surface area (TPSA) is 244 Å².